The lowest BCUT2D eigenvalue weighted by molar-refractivity contribution is -0.125. The molecule has 1 saturated carbocycles. The quantitative estimate of drug-likeness (QED) is 0.871. The molecular formula is C20H28N2O2S. The van der Waals surface area contributed by atoms with Gasteiger partial charge >= 0.3 is 0 Å². The Labute approximate surface area is 154 Å². The van der Waals surface area contributed by atoms with Crippen LogP contribution in [0.5, 0.6) is 0 Å². The van der Waals surface area contributed by atoms with Crippen LogP contribution in [0.4, 0.5) is 0 Å². The first-order valence-electron chi connectivity index (χ1n) is 9.49. The average molecular weight is 361 g/mol. The van der Waals surface area contributed by atoms with E-state index in [0.29, 0.717) is 23.8 Å². The number of rotatable bonds is 5. The molecule has 25 heavy (non-hydrogen) atoms. The minimum absolute atomic E-state index is 0.00202. The van der Waals surface area contributed by atoms with Gasteiger partial charge in [-0.15, -0.1) is 11.8 Å². The van der Waals surface area contributed by atoms with Crippen molar-refractivity contribution in [3.8, 4) is 0 Å². The van der Waals surface area contributed by atoms with Crippen LogP contribution in [0.25, 0.3) is 0 Å². The monoisotopic (exact) mass is 360 g/mol. The lowest BCUT2D eigenvalue weighted by Gasteiger charge is -2.35. The summed E-state index contributed by atoms with van der Waals surface area (Å²) >= 11 is 1.79. The highest BCUT2D eigenvalue weighted by Crippen LogP contribution is 2.41. The summed E-state index contributed by atoms with van der Waals surface area (Å²) < 4.78 is 0. The number of carbonyl (C=O) groups excluding carboxylic acids is 2. The Morgan fingerprint density at radius 3 is 2.56 bits per heavy atom. The highest BCUT2D eigenvalue weighted by molar-refractivity contribution is 8.00. The molecule has 1 aliphatic heterocycles. The molecule has 4 nitrogen and oxygen atoms in total. The summed E-state index contributed by atoms with van der Waals surface area (Å²) in [6.07, 6.45) is 7.01. The van der Waals surface area contributed by atoms with Crippen molar-refractivity contribution in [3.05, 3.63) is 35.9 Å². The van der Waals surface area contributed by atoms with Crippen LogP contribution < -0.4 is 5.32 Å². The van der Waals surface area contributed by atoms with Gasteiger partial charge in [0.05, 0.1) is 5.37 Å². The Kier molecular flexibility index (Phi) is 6.40. The largest absolute Gasteiger partial charge is 0.354 e. The zero-order valence-electron chi connectivity index (χ0n) is 14.9. The van der Waals surface area contributed by atoms with Gasteiger partial charge in [-0.1, -0.05) is 44.4 Å². The summed E-state index contributed by atoms with van der Waals surface area (Å²) in [5, 5.41) is 3.12. The Morgan fingerprint density at radius 2 is 1.88 bits per heavy atom. The molecule has 2 aliphatic rings. The third-order valence-electron chi connectivity index (χ3n) is 5.20. The zero-order chi connectivity index (χ0) is 17.6. The lowest BCUT2D eigenvalue weighted by Crippen LogP contribution is -2.51. The number of hydrogen-bond donors (Lipinski definition) is 1. The van der Waals surface area contributed by atoms with Crippen molar-refractivity contribution in [1.82, 2.24) is 10.2 Å². The fourth-order valence-corrected chi connectivity index (χ4v) is 5.50. The third-order valence-corrected chi connectivity index (χ3v) is 6.66. The van der Waals surface area contributed by atoms with Crippen LogP contribution in [0.2, 0.25) is 0 Å². The molecular weight excluding hydrogens is 332 g/mol. The first-order chi connectivity index (χ1) is 12.2. The second-order valence-electron chi connectivity index (χ2n) is 7.01. The Hall–Kier alpha value is -1.49. The molecule has 0 unspecified atom stereocenters. The van der Waals surface area contributed by atoms with Crippen molar-refractivity contribution in [2.75, 3.05) is 12.3 Å². The normalized spacial score (nSPS) is 24.3. The smallest absolute Gasteiger partial charge is 0.255 e. The minimum Gasteiger partial charge on any atom is -0.354 e. The maximum absolute atomic E-state index is 13.2. The van der Waals surface area contributed by atoms with Gasteiger partial charge in [0.1, 0.15) is 6.04 Å². The van der Waals surface area contributed by atoms with Crippen molar-refractivity contribution in [2.45, 2.75) is 56.9 Å². The van der Waals surface area contributed by atoms with E-state index in [9.17, 15) is 9.59 Å². The fraction of sp³-hybridized carbons (Fsp3) is 0.600. The van der Waals surface area contributed by atoms with Gasteiger partial charge in [-0.05, 0) is 37.3 Å². The molecule has 0 spiro atoms. The summed E-state index contributed by atoms with van der Waals surface area (Å²) in [6, 6.07) is 9.04. The molecule has 5 heteroatoms. The van der Waals surface area contributed by atoms with Crippen molar-refractivity contribution in [2.24, 2.45) is 5.92 Å². The second-order valence-corrected chi connectivity index (χ2v) is 8.16. The van der Waals surface area contributed by atoms with E-state index in [0.717, 1.165) is 6.42 Å². The minimum atomic E-state index is -0.351. The van der Waals surface area contributed by atoms with E-state index in [2.05, 4.69) is 5.32 Å². The second kappa shape index (κ2) is 8.75. The van der Waals surface area contributed by atoms with Gasteiger partial charge in [0.25, 0.3) is 5.91 Å². The van der Waals surface area contributed by atoms with Crippen LogP contribution in [-0.2, 0) is 4.79 Å². The molecule has 0 radical (unpaired) electrons. The summed E-state index contributed by atoms with van der Waals surface area (Å²) in [5.74, 6) is 1.21. The van der Waals surface area contributed by atoms with E-state index >= 15 is 0 Å². The first kappa shape index (κ1) is 18.3. The lowest BCUT2D eigenvalue weighted by atomic mass is 9.88. The Bertz CT molecular complexity index is 587. The summed E-state index contributed by atoms with van der Waals surface area (Å²) in [7, 11) is 0. The van der Waals surface area contributed by atoms with Gasteiger partial charge in [0.2, 0.25) is 5.91 Å². The topological polar surface area (TPSA) is 49.4 Å². The van der Waals surface area contributed by atoms with Crippen LogP contribution >= 0.6 is 11.8 Å². The average Bonchev–Trinajstić information content (AvgIpc) is 3.12. The summed E-state index contributed by atoms with van der Waals surface area (Å²) in [5.41, 5.74) is 0.680. The van der Waals surface area contributed by atoms with Crippen molar-refractivity contribution >= 4 is 23.6 Å². The van der Waals surface area contributed by atoms with E-state index in [1.165, 1.54) is 32.1 Å². The van der Waals surface area contributed by atoms with Crippen molar-refractivity contribution in [1.29, 1.82) is 0 Å². The molecule has 3 rings (SSSR count). The van der Waals surface area contributed by atoms with Gasteiger partial charge in [-0.3, -0.25) is 9.59 Å². The molecule has 0 aromatic heterocycles. The molecule has 1 aromatic rings. The third kappa shape index (κ3) is 4.20. The number of benzene rings is 1. The van der Waals surface area contributed by atoms with Crippen molar-refractivity contribution < 1.29 is 9.59 Å². The highest BCUT2D eigenvalue weighted by Gasteiger charge is 2.44. The molecule has 2 amide bonds. The van der Waals surface area contributed by atoms with E-state index in [4.69, 9.17) is 0 Å². The predicted octanol–water partition coefficient (Wildman–Crippen LogP) is 3.68. The van der Waals surface area contributed by atoms with Gasteiger partial charge in [0.15, 0.2) is 0 Å². The predicted molar refractivity (Wildman–Crippen MR) is 103 cm³/mol. The van der Waals surface area contributed by atoms with Gasteiger partial charge in [0, 0.05) is 17.9 Å². The molecule has 1 N–H and O–H groups in total. The Balaban J connectivity index is 1.83. The molecule has 2 atom stereocenters. The van der Waals surface area contributed by atoms with E-state index in [-0.39, 0.29) is 23.2 Å². The Morgan fingerprint density at radius 1 is 1.16 bits per heavy atom. The fourth-order valence-electron chi connectivity index (χ4n) is 3.87. The SMILES string of the molecule is CCCNC(=O)[C@@H]1CS[C@H](C2CCCCC2)N1C(=O)c1ccccc1. The summed E-state index contributed by atoms with van der Waals surface area (Å²) in [4.78, 5) is 27.8. The highest BCUT2D eigenvalue weighted by atomic mass is 32.2. The standard InChI is InChI=1S/C20H28N2O2S/c1-2-13-21-18(23)17-14-25-20(16-11-7-4-8-12-16)22(17)19(24)15-9-5-3-6-10-15/h3,5-6,9-10,16-17,20H,2,4,7-8,11-14H2,1H3,(H,21,23)/t17-,20+/m0/s1. The van der Waals surface area contributed by atoms with Crippen LogP contribution in [-0.4, -0.2) is 40.4 Å². The van der Waals surface area contributed by atoms with E-state index < -0.39 is 0 Å². The van der Waals surface area contributed by atoms with E-state index in [1.807, 2.05) is 42.2 Å². The number of nitrogens with zero attached hydrogens (tertiary/aromatic N) is 1. The number of thioether (sulfide) groups is 1. The van der Waals surface area contributed by atoms with Gasteiger partial charge in [-0.25, -0.2) is 0 Å². The molecule has 2 fully saturated rings. The molecule has 1 heterocycles. The molecule has 0 bridgehead atoms. The maximum Gasteiger partial charge on any atom is 0.255 e. The number of carbonyl (C=O) groups is 2. The zero-order valence-corrected chi connectivity index (χ0v) is 15.8. The number of nitrogens with one attached hydrogen (secondary N) is 1. The molecule has 136 valence electrons. The van der Waals surface area contributed by atoms with Crippen LogP contribution in [0.3, 0.4) is 0 Å². The molecule has 1 saturated heterocycles. The van der Waals surface area contributed by atoms with Gasteiger partial charge in [-0.2, -0.15) is 0 Å². The van der Waals surface area contributed by atoms with Crippen LogP contribution in [0.1, 0.15) is 55.8 Å². The van der Waals surface area contributed by atoms with Gasteiger partial charge < -0.3 is 10.2 Å². The molecule has 1 aromatic carbocycles. The summed E-state index contributed by atoms with van der Waals surface area (Å²) in [6.45, 7) is 2.71. The number of amides is 2. The van der Waals surface area contributed by atoms with Crippen LogP contribution in [0.15, 0.2) is 30.3 Å². The molecule has 1 aliphatic carbocycles. The van der Waals surface area contributed by atoms with E-state index in [1.54, 1.807) is 11.8 Å². The first-order valence-corrected chi connectivity index (χ1v) is 10.5. The van der Waals surface area contributed by atoms with Crippen molar-refractivity contribution in [3.63, 3.8) is 0 Å². The van der Waals surface area contributed by atoms with Crippen LogP contribution in [0, 0.1) is 5.92 Å². The maximum atomic E-state index is 13.2. The number of hydrogen-bond acceptors (Lipinski definition) is 3.